The Balaban J connectivity index is 1.36. The predicted molar refractivity (Wildman–Crippen MR) is 90.9 cm³/mol. The maximum Gasteiger partial charge on any atom is 0.224 e. The van der Waals surface area contributed by atoms with Gasteiger partial charge in [0.05, 0.1) is 0 Å². The minimum atomic E-state index is 0.146. The SMILES string of the molecule is Cc1ccccc1C1CC1C(=O)NCc1ccc2c(c1)CNC2. The van der Waals surface area contributed by atoms with Crippen molar-refractivity contribution >= 4 is 5.91 Å². The molecular weight excluding hydrogens is 284 g/mol. The molecular formula is C20H22N2O. The first-order valence-corrected chi connectivity index (χ1v) is 8.37. The van der Waals surface area contributed by atoms with Crippen LogP contribution in [0, 0.1) is 12.8 Å². The molecule has 1 aliphatic carbocycles. The fourth-order valence-electron chi connectivity index (χ4n) is 3.61. The lowest BCUT2D eigenvalue weighted by atomic mass is 10.0. The van der Waals surface area contributed by atoms with Crippen molar-refractivity contribution in [1.29, 1.82) is 0 Å². The summed E-state index contributed by atoms with van der Waals surface area (Å²) in [6.45, 7) is 4.65. The summed E-state index contributed by atoms with van der Waals surface area (Å²) in [4.78, 5) is 12.4. The summed E-state index contributed by atoms with van der Waals surface area (Å²) in [6.07, 6.45) is 0.977. The monoisotopic (exact) mass is 306 g/mol. The molecule has 1 heterocycles. The van der Waals surface area contributed by atoms with E-state index in [9.17, 15) is 4.79 Å². The normalized spacial score (nSPS) is 21.8. The van der Waals surface area contributed by atoms with Gasteiger partial charge in [0.2, 0.25) is 5.91 Å². The molecule has 2 aromatic rings. The molecule has 3 nitrogen and oxygen atoms in total. The standard InChI is InChI=1S/C20H22N2O/c1-13-4-2-3-5-17(13)18-9-19(18)20(23)22-10-14-6-7-15-11-21-12-16(15)8-14/h2-8,18-19,21H,9-12H2,1H3,(H,22,23). The lowest BCUT2D eigenvalue weighted by Gasteiger charge is -2.08. The number of amides is 1. The van der Waals surface area contributed by atoms with E-state index in [2.05, 4.69) is 60.0 Å². The van der Waals surface area contributed by atoms with E-state index in [-0.39, 0.29) is 11.8 Å². The van der Waals surface area contributed by atoms with Gasteiger partial charge in [-0.1, -0.05) is 42.5 Å². The highest BCUT2D eigenvalue weighted by atomic mass is 16.2. The average molecular weight is 306 g/mol. The Labute approximate surface area is 137 Å². The van der Waals surface area contributed by atoms with Crippen LogP contribution in [0.4, 0.5) is 0 Å². The summed E-state index contributed by atoms with van der Waals surface area (Å²) >= 11 is 0. The van der Waals surface area contributed by atoms with Gasteiger partial charge >= 0.3 is 0 Å². The highest BCUT2D eigenvalue weighted by Crippen LogP contribution is 2.48. The van der Waals surface area contributed by atoms with Crippen LogP contribution in [-0.2, 0) is 24.4 Å². The maximum absolute atomic E-state index is 12.4. The summed E-state index contributed by atoms with van der Waals surface area (Å²) in [5.74, 6) is 0.740. The number of hydrogen-bond donors (Lipinski definition) is 2. The van der Waals surface area contributed by atoms with E-state index in [1.807, 2.05) is 0 Å². The van der Waals surface area contributed by atoms with Gasteiger partial charge in [-0.2, -0.15) is 0 Å². The molecule has 2 aromatic carbocycles. The molecule has 1 aliphatic heterocycles. The van der Waals surface area contributed by atoms with Crippen LogP contribution in [0.5, 0.6) is 0 Å². The van der Waals surface area contributed by atoms with Gasteiger partial charge in [0, 0.05) is 25.6 Å². The molecule has 2 N–H and O–H groups in total. The lowest BCUT2D eigenvalue weighted by Crippen LogP contribution is -2.25. The molecule has 0 saturated heterocycles. The van der Waals surface area contributed by atoms with Crippen LogP contribution in [0.3, 0.4) is 0 Å². The molecule has 1 saturated carbocycles. The van der Waals surface area contributed by atoms with Crippen molar-refractivity contribution in [2.75, 3.05) is 0 Å². The molecule has 2 aliphatic rings. The highest BCUT2D eigenvalue weighted by molar-refractivity contribution is 5.83. The Morgan fingerprint density at radius 1 is 1.17 bits per heavy atom. The second kappa shape index (κ2) is 5.82. The fourth-order valence-corrected chi connectivity index (χ4v) is 3.61. The summed E-state index contributed by atoms with van der Waals surface area (Å²) in [5.41, 5.74) is 6.55. The van der Waals surface area contributed by atoms with Crippen molar-refractivity contribution < 1.29 is 4.79 Å². The second-order valence-corrected chi connectivity index (χ2v) is 6.73. The number of benzene rings is 2. The Hall–Kier alpha value is -2.13. The predicted octanol–water partition coefficient (Wildman–Crippen LogP) is 3.02. The van der Waals surface area contributed by atoms with E-state index < -0.39 is 0 Å². The highest BCUT2D eigenvalue weighted by Gasteiger charge is 2.44. The van der Waals surface area contributed by atoms with Crippen LogP contribution in [0.15, 0.2) is 42.5 Å². The van der Waals surface area contributed by atoms with Crippen LogP contribution < -0.4 is 10.6 Å². The van der Waals surface area contributed by atoms with Gasteiger partial charge < -0.3 is 10.6 Å². The molecule has 0 radical (unpaired) electrons. The second-order valence-electron chi connectivity index (χ2n) is 6.73. The number of carbonyl (C=O) groups is 1. The summed E-state index contributed by atoms with van der Waals surface area (Å²) < 4.78 is 0. The average Bonchev–Trinajstić information content (AvgIpc) is 3.22. The van der Waals surface area contributed by atoms with Crippen LogP contribution >= 0.6 is 0 Å². The smallest absolute Gasteiger partial charge is 0.224 e. The Morgan fingerprint density at radius 3 is 2.87 bits per heavy atom. The van der Waals surface area contributed by atoms with Crippen molar-refractivity contribution in [1.82, 2.24) is 10.6 Å². The molecule has 23 heavy (non-hydrogen) atoms. The molecule has 2 atom stereocenters. The van der Waals surface area contributed by atoms with Crippen LogP contribution in [-0.4, -0.2) is 5.91 Å². The van der Waals surface area contributed by atoms with Gasteiger partial charge in [0.15, 0.2) is 0 Å². The number of aryl methyl sites for hydroxylation is 1. The quantitative estimate of drug-likeness (QED) is 0.911. The molecule has 0 bridgehead atoms. The number of carbonyl (C=O) groups excluding carboxylic acids is 1. The molecule has 4 rings (SSSR count). The zero-order valence-electron chi connectivity index (χ0n) is 13.4. The van der Waals surface area contributed by atoms with Gasteiger partial charge in [-0.05, 0) is 47.1 Å². The van der Waals surface area contributed by atoms with Gasteiger partial charge in [0.25, 0.3) is 0 Å². The van der Waals surface area contributed by atoms with Gasteiger partial charge in [0.1, 0.15) is 0 Å². The molecule has 0 spiro atoms. The van der Waals surface area contributed by atoms with E-state index in [0.29, 0.717) is 12.5 Å². The molecule has 118 valence electrons. The van der Waals surface area contributed by atoms with Crippen LogP contribution in [0.1, 0.15) is 40.2 Å². The lowest BCUT2D eigenvalue weighted by molar-refractivity contribution is -0.122. The van der Waals surface area contributed by atoms with Gasteiger partial charge in [-0.25, -0.2) is 0 Å². The van der Waals surface area contributed by atoms with E-state index in [1.165, 1.54) is 27.8 Å². The van der Waals surface area contributed by atoms with Gasteiger partial charge in [-0.3, -0.25) is 4.79 Å². The Kier molecular flexibility index (Phi) is 3.66. The van der Waals surface area contributed by atoms with Crippen molar-refractivity contribution in [2.24, 2.45) is 5.92 Å². The third kappa shape index (κ3) is 2.89. The van der Waals surface area contributed by atoms with E-state index in [4.69, 9.17) is 0 Å². The molecule has 1 amide bonds. The third-order valence-electron chi connectivity index (χ3n) is 5.08. The van der Waals surface area contributed by atoms with Crippen LogP contribution in [0.25, 0.3) is 0 Å². The molecule has 0 aromatic heterocycles. The number of fused-ring (bicyclic) bond motifs is 1. The first-order valence-electron chi connectivity index (χ1n) is 8.37. The van der Waals surface area contributed by atoms with Crippen molar-refractivity contribution in [3.05, 3.63) is 70.3 Å². The topological polar surface area (TPSA) is 41.1 Å². The van der Waals surface area contributed by atoms with Crippen molar-refractivity contribution in [2.45, 2.75) is 38.9 Å². The first kappa shape index (κ1) is 14.5. The molecule has 1 fully saturated rings. The van der Waals surface area contributed by atoms with Crippen molar-refractivity contribution in [3.63, 3.8) is 0 Å². The Morgan fingerprint density at radius 2 is 2.00 bits per heavy atom. The van der Waals surface area contributed by atoms with Crippen LogP contribution in [0.2, 0.25) is 0 Å². The Bertz CT molecular complexity index is 753. The van der Waals surface area contributed by atoms with E-state index in [1.54, 1.807) is 0 Å². The first-order chi connectivity index (χ1) is 11.2. The summed E-state index contributed by atoms with van der Waals surface area (Å²) in [7, 11) is 0. The van der Waals surface area contributed by atoms with Gasteiger partial charge in [-0.15, -0.1) is 0 Å². The number of rotatable bonds is 4. The minimum absolute atomic E-state index is 0.146. The number of hydrogen-bond acceptors (Lipinski definition) is 2. The zero-order chi connectivity index (χ0) is 15.8. The third-order valence-corrected chi connectivity index (χ3v) is 5.08. The zero-order valence-corrected chi connectivity index (χ0v) is 13.4. The minimum Gasteiger partial charge on any atom is -0.352 e. The van der Waals surface area contributed by atoms with E-state index in [0.717, 1.165) is 19.5 Å². The number of nitrogens with one attached hydrogen (secondary N) is 2. The fraction of sp³-hybridized carbons (Fsp3) is 0.350. The summed E-state index contributed by atoms with van der Waals surface area (Å²) in [6, 6.07) is 14.9. The largest absolute Gasteiger partial charge is 0.352 e. The van der Waals surface area contributed by atoms with E-state index >= 15 is 0 Å². The van der Waals surface area contributed by atoms with Crippen molar-refractivity contribution in [3.8, 4) is 0 Å². The molecule has 3 heteroatoms. The molecule has 2 unspecified atom stereocenters. The maximum atomic E-state index is 12.4. The summed E-state index contributed by atoms with van der Waals surface area (Å²) in [5, 5.41) is 6.46.